The van der Waals surface area contributed by atoms with Gasteiger partial charge in [0.05, 0.1) is 7.11 Å². The molecule has 4 heteroatoms. The molecule has 88 valence electrons. The van der Waals surface area contributed by atoms with Crippen molar-refractivity contribution in [2.75, 3.05) is 7.11 Å². The molecule has 0 spiro atoms. The van der Waals surface area contributed by atoms with Gasteiger partial charge in [0, 0.05) is 11.9 Å². The maximum atomic E-state index is 11.6. The second kappa shape index (κ2) is 5.05. The van der Waals surface area contributed by atoms with E-state index in [2.05, 4.69) is 16.9 Å². The third-order valence-electron chi connectivity index (χ3n) is 2.47. The predicted molar refractivity (Wildman–Crippen MR) is 61.1 cm³/mol. The number of carbonyl (C=O) groups excluding carboxylic acids is 1. The van der Waals surface area contributed by atoms with E-state index in [9.17, 15) is 4.79 Å². The van der Waals surface area contributed by atoms with Crippen LogP contribution in [0, 0.1) is 0 Å². The Balaban J connectivity index is 3.03. The molecule has 0 aliphatic heterocycles. The number of esters is 1. The van der Waals surface area contributed by atoms with Gasteiger partial charge in [-0.05, 0) is 26.3 Å². The summed E-state index contributed by atoms with van der Waals surface area (Å²) in [6.45, 7) is 5.63. The van der Waals surface area contributed by atoms with Crippen molar-refractivity contribution in [2.45, 2.75) is 39.0 Å². The second-order valence-electron chi connectivity index (χ2n) is 4.24. The SMILES string of the molecule is CCCc1ccnc(C(C)(C)C(=O)OC)n1. The molecule has 0 saturated carbocycles. The van der Waals surface area contributed by atoms with Crippen molar-refractivity contribution in [1.29, 1.82) is 0 Å². The van der Waals surface area contributed by atoms with Crippen LogP contribution < -0.4 is 0 Å². The molecule has 0 N–H and O–H groups in total. The molecule has 0 saturated heterocycles. The van der Waals surface area contributed by atoms with Crippen molar-refractivity contribution >= 4 is 5.97 Å². The highest BCUT2D eigenvalue weighted by Gasteiger charge is 2.34. The first kappa shape index (κ1) is 12.6. The lowest BCUT2D eigenvalue weighted by molar-refractivity contribution is -0.146. The summed E-state index contributed by atoms with van der Waals surface area (Å²) in [5, 5.41) is 0. The van der Waals surface area contributed by atoms with Crippen LogP contribution in [0.4, 0.5) is 0 Å². The number of carbonyl (C=O) groups is 1. The molecule has 0 aromatic carbocycles. The lowest BCUT2D eigenvalue weighted by Gasteiger charge is -2.19. The number of ether oxygens (including phenoxy) is 1. The van der Waals surface area contributed by atoms with Crippen LogP contribution in [0.2, 0.25) is 0 Å². The van der Waals surface area contributed by atoms with Crippen molar-refractivity contribution < 1.29 is 9.53 Å². The molecule has 0 radical (unpaired) electrons. The fraction of sp³-hybridized carbons (Fsp3) is 0.583. The highest BCUT2D eigenvalue weighted by Crippen LogP contribution is 2.21. The van der Waals surface area contributed by atoms with Crippen molar-refractivity contribution in [3.63, 3.8) is 0 Å². The highest BCUT2D eigenvalue weighted by molar-refractivity contribution is 5.80. The quantitative estimate of drug-likeness (QED) is 0.730. The summed E-state index contributed by atoms with van der Waals surface area (Å²) in [5.41, 5.74) is 0.169. The largest absolute Gasteiger partial charge is 0.468 e. The second-order valence-corrected chi connectivity index (χ2v) is 4.24. The Bertz CT molecular complexity index is 375. The van der Waals surface area contributed by atoms with Crippen molar-refractivity contribution in [2.24, 2.45) is 0 Å². The molecule has 1 aromatic heterocycles. The van der Waals surface area contributed by atoms with E-state index in [1.807, 2.05) is 6.07 Å². The number of methoxy groups -OCH3 is 1. The molecule has 1 heterocycles. The van der Waals surface area contributed by atoms with E-state index in [1.54, 1.807) is 20.0 Å². The maximum absolute atomic E-state index is 11.6. The van der Waals surface area contributed by atoms with Crippen LogP contribution in [0.1, 0.15) is 38.7 Å². The first-order chi connectivity index (χ1) is 7.52. The third kappa shape index (κ3) is 2.56. The minimum atomic E-state index is -0.793. The lowest BCUT2D eigenvalue weighted by atomic mass is 9.92. The van der Waals surface area contributed by atoms with Gasteiger partial charge in [0.25, 0.3) is 0 Å². The monoisotopic (exact) mass is 222 g/mol. The molecule has 4 nitrogen and oxygen atoms in total. The van der Waals surface area contributed by atoms with Gasteiger partial charge in [-0.25, -0.2) is 9.97 Å². The van der Waals surface area contributed by atoms with Gasteiger partial charge < -0.3 is 4.74 Å². The van der Waals surface area contributed by atoms with Crippen LogP contribution in [0.3, 0.4) is 0 Å². The Morgan fingerprint density at radius 1 is 1.50 bits per heavy atom. The fourth-order valence-electron chi connectivity index (χ4n) is 1.44. The van der Waals surface area contributed by atoms with Crippen LogP contribution in [-0.4, -0.2) is 23.0 Å². The minimum Gasteiger partial charge on any atom is -0.468 e. The van der Waals surface area contributed by atoms with Crippen LogP contribution in [-0.2, 0) is 21.4 Å². The average Bonchev–Trinajstić information content (AvgIpc) is 2.28. The van der Waals surface area contributed by atoms with Crippen LogP contribution in [0.5, 0.6) is 0 Å². The first-order valence-electron chi connectivity index (χ1n) is 5.43. The predicted octanol–water partition coefficient (Wildman–Crippen LogP) is 1.88. The summed E-state index contributed by atoms with van der Waals surface area (Å²) in [5.74, 6) is 0.200. The Morgan fingerprint density at radius 3 is 2.75 bits per heavy atom. The number of hydrogen-bond donors (Lipinski definition) is 0. The minimum absolute atomic E-state index is 0.318. The van der Waals surface area contributed by atoms with Crippen molar-refractivity contribution in [3.8, 4) is 0 Å². The van der Waals surface area contributed by atoms with Gasteiger partial charge in [0.15, 0.2) is 0 Å². The maximum Gasteiger partial charge on any atom is 0.318 e. The average molecular weight is 222 g/mol. The van der Waals surface area contributed by atoms with Gasteiger partial charge in [0.1, 0.15) is 11.2 Å². The molecular formula is C12H18N2O2. The molecule has 1 rings (SSSR count). The zero-order valence-corrected chi connectivity index (χ0v) is 10.3. The third-order valence-corrected chi connectivity index (χ3v) is 2.47. The molecule has 1 aromatic rings. The highest BCUT2D eigenvalue weighted by atomic mass is 16.5. The molecule has 0 unspecified atom stereocenters. The molecule has 0 amide bonds. The zero-order valence-electron chi connectivity index (χ0n) is 10.3. The summed E-state index contributed by atoms with van der Waals surface area (Å²) in [7, 11) is 1.37. The van der Waals surface area contributed by atoms with Gasteiger partial charge in [-0.2, -0.15) is 0 Å². The standard InChI is InChI=1S/C12H18N2O2/c1-5-6-9-7-8-13-10(14-9)12(2,3)11(15)16-4/h7-8H,5-6H2,1-4H3. The van der Waals surface area contributed by atoms with Gasteiger partial charge in [-0.1, -0.05) is 13.3 Å². The van der Waals surface area contributed by atoms with Gasteiger partial charge in [-0.15, -0.1) is 0 Å². The number of hydrogen-bond acceptors (Lipinski definition) is 4. The number of rotatable bonds is 4. The molecule has 0 fully saturated rings. The van der Waals surface area contributed by atoms with E-state index in [-0.39, 0.29) is 5.97 Å². The topological polar surface area (TPSA) is 52.1 Å². The van der Waals surface area contributed by atoms with Crippen LogP contribution in [0.25, 0.3) is 0 Å². The molecular weight excluding hydrogens is 204 g/mol. The van der Waals surface area contributed by atoms with Crippen molar-refractivity contribution in [3.05, 3.63) is 23.8 Å². The van der Waals surface area contributed by atoms with Gasteiger partial charge in [0.2, 0.25) is 0 Å². The lowest BCUT2D eigenvalue weighted by Crippen LogP contribution is -2.32. The van der Waals surface area contributed by atoms with E-state index in [0.717, 1.165) is 18.5 Å². The van der Waals surface area contributed by atoms with E-state index in [1.165, 1.54) is 7.11 Å². The summed E-state index contributed by atoms with van der Waals surface area (Å²) < 4.78 is 4.75. The van der Waals surface area contributed by atoms with E-state index < -0.39 is 5.41 Å². The normalized spacial score (nSPS) is 11.2. The molecule has 0 aliphatic rings. The Kier molecular flexibility index (Phi) is 3.99. The van der Waals surface area contributed by atoms with Crippen LogP contribution >= 0.6 is 0 Å². The summed E-state index contributed by atoms with van der Waals surface area (Å²) in [4.78, 5) is 20.1. The Labute approximate surface area is 96.1 Å². The van der Waals surface area contributed by atoms with Crippen LogP contribution in [0.15, 0.2) is 12.3 Å². The fourth-order valence-corrected chi connectivity index (χ4v) is 1.44. The molecule has 0 aliphatic carbocycles. The molecule has 0 atom stereocenters. The number of aromatic nitrogens is 2. The van der Waals surface area contributed by atoms with E-state index in [0.29, 0.717) is 5.82 Å². The van der Waals surface area contributed by atoms with E-state index >= 15 is 0 Å². The number of aryl methyl sites for hydroxylation is 1. The van der Waals surface area contributed by atoms with Gasteiger partial charge >= 0.3 is 5.97 Å². The Hall–Kier alpha value is -1.45. The smallest absolute Gasteiger partial charge is 0.318 e. The molecule has 0 bridgehead atoms. The van der Waals surface area contributed by atoms with E-state index in [4.69, 9.17) is 4.74 Å². The summed E-state index contributed by atoms with van der Waals surface area (Å²) in [6, 6.07) is 1.88. The molecule has 16 heavy (non-hydrogen) atoms. The summed E-state index contributed by atoms with van der Waals surface area (Å²) in [6.07, 6.45) is 3.61. The van der Waals surface area contributed by atoms with Crippen molar-refractivity contribution in [1.82, 2.24) is 9.97 Å². The summed E-state index contributed by atoms with van der Waals surface area (Å²) >= 11 is 0. The number of nitrogens with zero attached hydrogens (tertiary/aromatic N) is 2. The Morgan fingerprint density at radius 2 is 2.19 bits per heavy atom. The zero-order chi connectivity index (χ0) is 12.2. The first-order valence-corrected chi connectivity index (χ1v) is 5.43. The van der Waals surface area contributed by atoms with Gasteiger partial charge in [-0.3, -0.25) is 4.79 Å².